The number of carbonyl (C=O) groups is 1. The maximum atomic E-state index is 12.1. The molecule has 0 aliphatic carbocycles. The van der Waals surface area contributed by atoms with Gasteiger partial charge in [-0.3, -0.25) is 9.78 Å². The molecular weight excluding hydrogens is 303 g/mol. The van der Waals surface area contributed by atoms with Crippen LogP contribution in [0.15, 0.2) is 30.6 Å². The van der Waals surface area contributed by atoms with E-state index in [9.17, 15) is 4.79 Å². The third kappa shape index (κ3) is 2.37. The highest BCUT2D eigenvalue weighted by Crippen LogP contribution is 2.39. The molecule has 3 rings (SSSR count). The summed E-state index contributed by atoms with van der Waals surface area (Å²) >= 11 is 12.0. The van der Waals surface area contributed by atoms with Gasteiger partial charge in [0.05, 0.1) is 21.3 Å². The topological polar surface area (TPSA) is 60.5 Å². The molecule has 5 nitrogen and oxygen atoms in total. The lowest BCUT2D eigenvalue weighted by Gasteiger charge is -2.09. The van der Waals surface area contributed by atoms with Crippen LogP contribution in [0.5, 0.6) is 11.5 Å². The number of hydrogen-bond acceptors (Lipinski definition) is 4. The molecule has 1 amide bonds. The van der Waals surface area contributed by atoms with Gasteiger partial charge in [-0.2, -0.15) is 0 Å². The summed E-state index contributed by atoms with van der Waals surface area (Å²) in [5.74, 6) is 0.679. The fraction of sp³-hybridized carbons (Fsp3) is 0.0769. The Hall–Kier alpha value is -1.98. The van der Waals surface area contributed by atoms with Crippen LogP contribution in [-0.2, 0) is 0 Å². The maximum absolute atomic E-state index is 12.1. The number of fused-ring (bicyclic) bond motifs is 1. The summed E-state index contributed by atoms with van der Waals surface area (Å²) in [6.07, 6.45) is 2.89. The Balaban J connectivity index is 1.88. The number of ether oxygens (including phenoxy) is 2. The van der Waals surface area contributed by atoms with Crippen molar-refractivity contribution in [1.29, 1.82) is 0 Å². The van der Waals surface area contributed by atoms with Crippen molar-refractivity contribution in [2.24, 2.45) is 0 Å². The van der Waals surface area contributed by atoms with Crippen LogP contribution in [-0.4, -0.2) is 17.7 Å². The first-order chi connectivity index (χ1) is 9.65. The van der Waals surface area contributed by atoms with Crippen LogP contribution in [0.3, 0.4) is 0 Å². The monoisotopic (exact) mass is 310 g/mol. The number of amides is 1. The first kappa shape index (κ1) is 13.0. The van der Waals surface area contributed by atoms with Gasteiger partial charge in [0.25, 0.3) is 5.91 Å². The van der Waals surface area contributed by atoms with Crippen LogP contribution in [0.25, 0.3) is 0 Å². The van der Waals surface area contributed by atoms with Gasteiger partial charge in [0.1, 0.15) is 0 Å². The summed E-state index contributed by atoms with van der Waals surface area (Å²) < 4.78 is 10.4. The second-order valence-electron chi connectivity index (χ2n) is 3.99. The van der Waals surface area contributed by atoms with Gasteiger partial charge in [-0.25, -0.2) is 0 Å². The molecule has 0 atom stereocenters. The average molecular weight is 311 g/mol. The van der Waals surface area contributed by atoms with E-state index in [1.165, 1.54) is 18.5 Å². The van der Waals surface area contributed by atoms with E-state index in [-0.39, 0.29) is 12.4 Å². The Kier molecular flexibility index (Phi) is 3.38. The Morgan fingerprint density at radius 3 is 2.70 bits per heavy atom. The highest BCUT2D eigenvalue weighted by molar-refractivity contribution is 6.36. The minimum atomic E-state index is -0.399. The van der Waals surface area contributed by atoms with E-state index >= 15 is 0 Å². The molecule has 0 saturated heterocycles. The van der Waals surface area contributed by atoms with Gasteiger partial charge < -0.3 is 14.8 Å². The molecule has 1 N–H and O–H groups in total. The van der Waals surface area contributed by atoms with Gasteiger partial charge in [-0.15, -0.1) is 0 Å². The number of nitrogens with zero attached hydrogens (tertiary/aromatic N) is 1. The van der Waals surface area contributed by atoms with Crippen molar-refractivity contribution in [1.82, 2.24) is 4.98 Å². The number of anilines is 1. The van der Waals surface area contributed by atoms with Crippen molar-refractivity contribution >= 4 is 34.8 Å². The normalized spacial score (nSPS) is 12.3. The van der Waals surface area contributed by atoms with E-state index in [2.05, 4.69) is 10.3 Å². The van der Waals surface area contributed by atoms with Crippen LogP contribution in [0.2, 0.25) is 10.0 Å². The number of carbonyl (C=O) groups excluding carboxylic acids is 1. The van der Waals surface area contributed by atoms with Gasteiger partial charge in [-0.1, -0.05) is 23.2 Å². The molecule has 2 aromatic rings. The highest BCUT2D eigenvalue weighted by Gasteiger charge is 2.18. The first-order valence-electron chi connectivity index (χ1n) is 5.65. The third-order valence-corrected chi connectivity index (χ3v) is 3.37. The van der Waals surface area contributed by atoms with Crippen LogP contribution >= 0.6 is 23.2 Å². The predicted molar refractivity (Wildman–Crippen MR) is 74.8 cm³/mol. The number of hydrogen-bond donors (Lipinski definition) is 1. The summed E-state index contributed by atoms with van der Waals surface area (Å²) in [7, 11) is 0. The molecule has 1 aliphatic heterocycles. The second kappa shape index (κ2) is 5.19. The summed E-state index contributed by atoms with van der Waals surface area (Å²) in [4.78, 5) is 16.0. The molecule has 1 aliphatic rings. The summed E-state index contributed by atoms with van der Waals surface area (Å²) in [5, 5.41) is 3.33. The molecule has 102 valence electrons. The number of rotatable bonds is 2. The lowest BCUT2D eigenvalue weighted by molar-refractivity contribution is 0.102. The van der Waals surface area contributed by atoms with E-state index in [4.69, 9.17) is 32.7 Å². The van der Waals surface area contributed by atoms with Gasteiger partial charge in [0.2, 0.25) is 6.79 Å². The molecule has 0 fully saturated rings. The second-order valence-corrected chi connectivity index (χ2v) is 4.81. The zero-order valence-corrected chi connectivity index (χ0v) is 11.5. The molecule has 2 heterocycles. The van der Waals surface area contributed by atoms with E-state index in [0.29, 0.717) is 27.2 Å². The van der Waals surface area contributed by atoms with Crippen molar-refractivity contribution in [3.05, 3.63) is 46.2 Å². The smallest absolute Gasteiger partial charge is 0.258 e. The van der Waals surface area contributed by atoms with Crippen LogP contribution < -0.4 is 14.8 Å². The van der Waals surface area contributed by atoms with E-state index in [1.54, 1.807) is 12.1 Å². The molecule has 0 spiro atoms. The van der Waals surface area contributed by atoms with Crippen LogP contribution in [0.4, 0.5) is 5.69 Å². The lowest BCUT2D eigenvalue weighted by Crippen LogP contribution is -2.13. The van der Waals surface area contributed by atoms with Crippen molar-refractivity contribution in [2.45, 2.75) is 0 Å². The average Bonchev–Trinajstić information content (AvgIpc) is 2.86. The molecule has 1 aromatic carbocycles. The lowest BCUT2D eigenvalue weighted by atomic mass is 10.2. The van der Waals surface area contributed by atoms with E-state index in [0.717, 1.165) is 0 Å². The summed E-state index contributed by atoms with van der Waals surface area (Å²) in [5.41, 5.74) is 0.684. The summed E-state index contributed by atoms with van der Waals surface area (Å²) in [6.45, 7) is 0.136. The standard InChI is InChI=1S/C13H8Cl2N2O3/c14-8-1-2-16-5-7(8)13(18)17-10-4-12-11(3-9(10)15)19-6-20-12/h1-5H,6H2,(H,17,18). The van der Waals surface area contributed by atoms with E-state index in [1.807, 2.05) is 0 Å². The highest BCUT2D eigenvalue weighted by atomic mass is 35.5. The zero-order chi connectivity index (χ0) is 14.1. The quantitative estimate of drug-likeness (QED) is 0.924. The number of benzene rings is 1. The number of halogens is 2. The Labute approximate surface area is 124 Å². The van der Waals surface area contributed by atoms with Gasteiger partial charge in [0.15, 0.2) is 11.5 Å². The molecule has 0 unspecified atom stereocenters. The SMILES string of the molecule is O=C(Nc1cc2c(cc1Cl)OCO2)c1cnccc1Cl. The molecule has 0 radical (unpaired) electrons. The Morgan fingerprint density at radius 1 is 1.20 bits per heavy atom. The zero-order valence-electron chi connectivity index (χ0n) is 10.0. The number of nitrogens with one attached hydrogen (secondary N) is 1. The van der Waals surface area contributed by atoms with Crippen LogP contribution in [0.1, 0.15) is 10.4 Å². The minimum Gasteiger partial charge on any atom is -0.454 e. The summed E-state index contributed by atoms with van der Waals surface area (Å²) in [6, 6.07) is 4.73. The third-order valence-electron chi connectivity index (χ3n) is 2.72. The maximum Gasteiger partial charge on any atom is 0.258 e. The first-order valence-corrected chi connectivity index (χ1v) is 6.41. The number of aromatic nitrogens is 1. The van der Waals surface area contributed by atoms with Gasteiger partial charge in [0, 0.05) is 24.5 Å². The van der Waals surface area contributed by atoms with E-state index < -0.39 is 5.91 Å². The largest absolute Gasteiger partial charge is 0.454 e. The van der Waals surface area contributed by atoms with Crippen molar-refractivity contribution < 1.29 is 14.3 Å². The fourth-order valence-electron chi connectivity index (χ4n) is 1.75. The van der Waals surface area contributed by atoms with Gasteiger partial charge in [-0.05, 0) is 6.07 Å². The van der Waals surface area contributed by atoms with Crippen molar-refractivity contribution in [3.63, 3.8) is 0 Å². The van der Waals surface area contributed by atoms with Crippen molar-refractivity contribution in [2.75, 3.05) is 12.1 Å². The predicted octanol–water partition coefficient (Wildman–Crippen LogP) is 3.37. The molecule has 7 heteroatoms. The Morgan fingerprint density at radius 2 is 1.95 bits per heavy atom. The number of pyridine rings is 1. The van der Waals surface area contributed by atoms with Crippen molar-refractivity contribution in [3.8, 4) is 11.5 Å². The molecule has 1 aromatic heterocycles. The minimum absolute atomic E-state index is 0.136. The molecular formula is C13H8Cl2N2O3. The fourth-order valence-corrected chi connectivity index (χ4v) is 2.14. The van der Waals surface area contributed by atoms with Gasteiger partial charge >= 0.3 is 0 Å². The molecule has 0 bridgehead atoms. The van der Waals surface area contributed by atoms with Crippen LogP contribution in [0, 0.1) is 0 Å². The molecule has 0 saturated carbocycles. The Bertz CT molecular complexity index is 691. The molecule has 20 heavy (non-hydrogen) atoms.